The van der Waals surface area contributed by atoms with Gasteiger partial charge in [-0.25, -0.2) is 9.78 Å². The van der Waals surface area contributed by atoms with Crippen molar-refractivity contribution >= 4 is 11.7 Å². The second kappa shape index (κ2) is 5.92. The summed E-state index contributed by atoms with van der Waals surface area (Å²) in [5.74, 6) is 1.48. The first kappa shape index (κ1) is 12.9. The number of carbonyl (C=O) groups excluding carboxylic acids is 1. The topological polar surface area (TPSA) is 56.1 Å². The van der Waals surface area contributed by atoms with Gasteiger partial charge in [0.25, 0.3) is 0 Å². The zero-order valence-electron chi connectivity index (χ0n) is 11.1. The van der Waals surface area contributed by atoms with Gasteiger partial charge in [0.2, 0.25) is 0 Å². The van der Waals surface area contributed by atoms with Crippen LogP contribution >= 0.6 is 0 Å². The number of imidazole rings is 1. The third-order valence-electron chi connectivity index (χ3n) is 2.82. The fourth-order valence-corrected chi connectivity index (χ4v) is 1.80. The maximum Gasteiger partial charge on any atom is 0.331 e. The van der Waals surface area contributed by atoms with Gasteiger partial charge in [-0.1, -0.05) is 18.2 Å². The van der Waals surface area contributed by atoms with Crippen LogP contribution in [0.5, 0.6) is 11.5 Å². The summed E-state index contributed by atoms with van der Waals surface area (Å²) in [6.45, 7) is 0. The lowest BCUT2D eigenvalue weighted by atomic mass is 10.3. The van der Waals surface area contributed by atoms with Crippen LogP contribution in [-0.4, -0.2) is 15.6 Å². The number of nitrogens with one attached hydrogen (secondary N) is 1. The van der Waals surface area contributed by atoms with E-state index in [4.69, 9.17) is 4.74 Å². The monoisotopic (exact) mass is 279 g/mol. The summed E-state index contributed by atoms with van der Waals surface area (Å²) in [6.07, 6.45) is 4.58. The predicted octanol–water partition coefficient (Wildman–Crippen LogP) is 3.76. The number of benzene rings is 2. The van der Waals surface area contributed by atoms with Crippen molar-refractivity contribution in [3.8, 4) is 11.5 Å². The molecule has 5 heteroatoms. The van der Waals surface area contributed by atoms with Crippen molar-refractivity contribution in [2.75, 3.05) is 5.32 Å². The number of hydrogen-bond acceptors (Lipinski definition) is 3. The Morgan fingerprint density at radius 2 is 1.71 bits per heavy atom. The number of anilines is 1. The second-order valence-corrected chi connectivity index (χ2v) is 4.34. The molecule has 1 heterocycles. The Morgan fingerprint density at radius 3 is 2.38 bits per heavy atom. The third-order valence-corrected chi connectivity index (χ3v) is 2.82. The van der Waals surface area contributed by atoms with E-state index in [0.717, 1.165) is 5.75 Å². The van der Waals surface area contributed by atoms with Gasteiger partial charge in [0.15, 0.2) is 0 Å². The fraction of sp³-hybridized carbons (Fsp3) is 0. The molecule has 1 amide bonds. The van der Waals surface area contributed by atoms with Crippen molar-refractivity contribution in [3.63, 3.8) is 0 Å². The fourth-order valence-electron chi connectivity index (χ4n) is 1.80. The molecule has 5 nitrogen and oxygen atoms in total. The molecule has 0 saturated heterocycles. The minimum atomic E-state index is -0.260. The highest BCUT2D eigenvalue weighted by Gasteiger charge is 2.04. The zero-order chi connectivity index (χ0) is 14.5. The number of aromatic nitrogens is 2. The second-order valence-electron chi connectivity index (χ2n) is 4.34. The van der Waals surface area contributed by atoms with Gasteiger partial charge >= 0.3 is 6.03 Å². The van der Waals surface area contributed by atoms with Crippen LogP contribution in [0.4, 0.5) is 10.5 Å². The smallest absolute Gasteiger partial charge is 0.331 e. The molecule has 3 rings (SSSR count). The molecule has 1 N–H and O–H groups in total. The van der Waals surface area contributed by atoms with Crippen LogP contribution < -0.4 is 10.1 Å². The average molecular weight is 279 g/mol. The molecule has 0 spiro atoms. The predicted molar refractivity (Wildman–Crippen MR) is 79.6 cm³/mol. The van der Waals surface area contributed by atoms with Crippen LogP contribution in [0, 0.1) is 0 Å². The summed E-state index contributed by atoms with van der Waals surface area (Å²) in [6, 6.07) is 16.4. The van der Waals surface area contributed by atoms with Crippen molar-refractivity contribution in [2.24, 2.45) is 0 Å². The largest absolute Gasteiger partial charge is 0.457 e. The van der Waals surface area contributed by atoms with Crippen LogP contribution in [0.15, 0.2) is 73.3 Å². The maximum absolute atomic E-state index is 11.8. The van der Waals surface area contributed by atoms with Crippen molar-refractivity contribution in [3.05, 3.63) is 73.3 Å². The Kier molecular flexibility index (Phi) is 3.64. The van der Waals surface area contributed by atoms with E-state index in [2.05, 4.69) is 10.3 Å². The van der Waals surface area contributed by atoms with Crippen LogP contribution in [-0.2, 0) is 0 Å². The van der Waals surface area contributed by atoms with E-state index in [1.807, 2.05) is 30.3 Å². The Balaban J connectivity index is 1.65. The molecule has 0 aliphatic carbocycles. The standard InChI is InChI=1S/C16H13N3O2/c20-16(19-11-10-17-12-19)18-13-6-8-15(9-7-13)21-14-4-2-1-3-5-14/h1-12H,(H,18,20). The molecule has 0 aliphatic rings. The summed E-state index contributed by atoms with van der Waals surface area (Å²) >= 11 is 0. The van der Waals surface area contributed by atoms with Gasteiger partial charge in [0.1, 0.15) is 17.8 Å². The van der Waals surface area contributed by atoms with Crippen molar-refractivity contribution in [2.45, 2.75) is 0 Å². The molecule has 104 valence electrons. The first-order chi connectivity index (χ1) is 10.3. The molecule has 3 aromatic rings. The molecule has 21 heavy (non-hydrogen) atoms. The highest BCUT2D eigenvalue weighted by molar-refractivity contribution is 5.90. The lowest BCUT2D eigenvalue weighted by Crippen LogP contribution is -2.17. The molecular weight excluding hydrogens is 266 g/mol. The van der Waals surface area contributed by atoms with Crippen molar-refractivity contribution in [1.82, 2.24) is 9.55 Å². The zero-order valence-corrected chi connectivity index (χ0v) is 11.1. The van der Waals surface area contributed by atoms with Crippen molar-refractivity contribution < 1.29 is 9.53 Å². The van der Waals surface area contributed by atoms with E-state index < -0.39 is 0 Å². The summed E-state index contributed by atoms with van der Waals surface area (Å²) in [4.78, 5) is 15.7. The Labute approximate surface area is 121 Å². The van der Waals surface area contributed by atoms with Gasteiger partial charge in [-0.05, 0) is 36.4 Å². The first-order valence-corrected chi connectivity index (χ1v) is 6.43. The van der Waals surface area contributed by atoms with Gasteiger partial charge in [-0.3, -0.25) is 4.57 Å². The lowest BCUT2D eigenvalue weighted by Gasteiger charge is -2.08. The highest BCUT2D eigenvalue weighted by atomic mass is 16.5. The molecule has 1 aromatic heterocycles. The lowest BCUT2D eigenvalue weighted by molar-refractivity contribution is 0.253. The van der Waals surface area contributed by atoms with E-state index in [-0.39, 0.29) is 6.03 Å². The average Bonchev–Trinajstić information content (AvgIpc) is 3.05. The number of nitrogens with zero attached hydrogens (tertiary/aromatic N) is 2. The molecule has 0 unspecified atom stereocenters. The Bertz CT molecular complexity index is 707. The Hall–Kier alpha value is -3.08. The number of carbonyl (C=O) groups is 1. The van der Waals surface area contributed by atoms with Crippen LogP contribution in [0.2, 0.25) is 0 Å². The maximum atomic E-state index is 11.8. The molecule has 0 saturated carbocycles. The highest BCUT2D eigenvalue weighted by Crippen LogP contribution is 2.22. The molecule has 2 aromatic carbocycles. The molecule has 0 atom stereocenters. The van der Waals surface area contributed by atoms with E-state index in [1.165, 1.54) is 10.9 Å². The van der Waals surface area contributed by atoms with Gasteiger partial charge < -0.3 is 10.1 Å². The number of rotatable bonds is 3. The summed E-state index contributed by atoms with van der Waals surface area (Å²) in [5, 5.41) is 2.76. The number of para-hydroxylation sites is 1. The van der Waals surface area contributed by atoms with E-state index in [1.54, 1.807) is 36.7 Å². The minimum absolute atomic E-state index is 0.260. The van der Waals surface area contributed by atoms with E-state index in [9.17, 15) is 4.79 Å². The summed E-state index contributed by atoms with van der Waals surface area (Å²) in [5.41, 5.74) is 0.689. The third kappa shape index (κ3) is 3.27. The first-order valence-electron chi connectivity index (χ1n) is 6.43. The molecule has 0 fully saturated rings. The molecular formula is C16H13N3O2. The molecule has 0 aliphatic heterocycles. The van der Waals surface area contributed by atoms with E-state index >= 15 is 0 Å². The Morgan fingerprint density at radius 1 is 1.00 bits per heavy atom. The minimum Gasteiger partial charge on any atom is -0.457 e. The van der Waals surface area contributed by atoms with E-state index in [0.29, 0.717) is 11.4 Å². The molecule has 0 bridgehead atoms. The number of ether oxygens (including phenoxy) is 1. The van der Waals surface area contributed by atoms with Gasteiger partial charge in [-0.2, -0.15) is 0 Å². The van der Waals surface area contributed by atoms with Crippen LogP contribution in [0.25, 0.3) is 0 Å². The number of amides is 1. The van der Waals surface area contributed by atoms with Crippen LogP contribution in [0.1, 0.15) is 0 Å². The summed E-state index contributed by atoms with van der Waals surface area (Å²) in [7, 11) is 0. The summed E-state index contributed by atoms with van der Waals surface area (Å²) < 4.78 is 7.05. The normalized spacial score (nSPS) is 10.1. The SMILES string of the molecule is O=C(Nc1ccc(Oc2ccccc2)cc1)n1ccnc1. The van der Waals surface area contributed by atoms with Crippen LogP contribution in [0.3, 0.4) is 0 Å². The number of hydrogen-bond donors (Lipinski definition) is 1. The van der Waals surface area contributed by atoms with Crippen molar-refractivity contribution in [1.29, 1.82) is 0 Å². The van der Waals surface area contributed by atoms with Gasteiger partial charge in [0, 0.05) is 18.1 Å². The quantitative estimate of drug-likeness (QED) is 0.794. The molecule has 0 radical (unpaired) electrons. The van der Waals surface area contributed by atoms with Gasteiger partial charge in [0.05, 0.1) is 0 Å². The van der Waals surface area contributed by atoms with Gasteiger partial charge in [-0.15, -0.1) is 0 Å².